The summed E-state index contributed by atoms with van der Waals surface area (Å²) in [6.45, 7) is 5.29. The summed E-state index contributed by atoms with van der Waals surface area (Å²) in [6, 6.07) is 7.62. The highest BCUT2D eigenvalue weighted by Gasteiger charge is 2.34. The molecule has 0 bridgehead atoms. The van der Waals surface area contributed by atoms with Crippen LogP contribution < -0.4 is 10.6 Å². The van der Waals surface area contributed by atoms with E-state index in [4.69, 9.17) is 0 Å². The third-order valence-electron chi connectivity index (χ3n) is 3.74. The van der Waals surface area contributed by atoms with Gasteiger partial charge in [0, 0.05) is 11.8 Å². The summed E-state index contributed by atoms with van der Waals surface area (Å²) in [6.07, 6.45) is -4.60. The average Bonchev–Trinajstić information content (AvgIpc) is 2.53. The molecule has 0 unspecified atom stereocenters. The van der Waals surface area contributed by atoms with Crippen LogP contribution in [0.1, 0.15) is 25.1 Å². The van der Waals surface area contributed by atoms with E-state index < -0.39 is 17.9 Å². The lowest BCUT2D eigenvalue weighted by atomic mass is 10.1. The fraction of sp³-hybridized carbons (Fsp3) is 0.412. The predicted molar refractivity (Wildman–Crippen MR) is 90.8 cm³/mol. The Morgan fingerprint density at radius 2 is 1.84 bits per heavy atom. The van der Waals surface area contributed by atoms with Crippen molar-refractivity contribution in [1.82, 2.24) is 9.97 Å². The summed E-state index contributed by atoms with van der Waals surface area (Å²) < 4.78 is 39.4. The zero-order chi connectivity index (χ0) is 18.6. The first-order valence-electron chi connectivity index (χ1n) is 7.87. The number of aromatic nitrogens is 2. The molecule has 0 saturated carbocycles. The standard InChI is InChI=1S/C17H21F3N4O/c1-10(2)13(9-25)22-16-23-14(17(18,19)20)8-15(24-16)21-12-7-5-4-6-11(12)3/h4-8,10,13,25H,9H2,1-3H3,(H2,21,22,23,24)/t13-/m1/s1. The van der Waals surface area contributed by atoms with Crippen LogP contribution in [0, 0.1) is 12.8 Å². The van der Waals surface area contributed by atoms with Gasteiger partial charge < -0.3 is 15.7 Å². The molecule has 5 nitrogen and oxygen atoms in total. The fourth-order valence-corrected chi connectivity index (χ4v) is 2.16. The number of halogens is 3. The Bertz CT molecular complexity index is 719. The van der Waals surface area contributed by atoms with Gasteiger partial charge in [-0.2, -0.15) is 18.2 Å². The number of rotatable bonds is 6. The minimum absolute atomic E-state index is 0.00378. The van der Waals surface area contributed by atoms with Crippen LogP contribution in [0.2, 0.25) is 0 Å². The van der Waals surface area contributed by atoms with Gasteiger partial charge in [0.2, 0.25) is 5.95 Å². The minimum atomic E-state index is -4.60. The lowest BCUT2D eigenvalue weighted by Crippen LogP contribution is -2.30. The molecule has 0 spiro atoms. The van der Waals surface area contributed by atoms with Gasteiger partial charge in [0.15, 0.2) is 5.69 Å². The van der Waals surface area contributed by atoms with Crippen LogP contribution in [0.25, 0.3) is 0 Å². The first-order chi connectivity index (χ1) is 11.7. The minimum Gasteiger partial charge on any atom is -0.394 e. The summed E-state index contributed by atoms with van der Waals surface area (Å²) in [5.41, 5.74) is 0.476. The first-order valence-corrected chi connectivity index (χ1v) is 7.87. The molecular formula is C17H21F3N4O. The van der Waals surface area contributed by atoms with Gasteiger partial charge >= 0.3 is 6.18 Å². The number of benzene rings is 1. The van der Waals surface area contributed by atoms with E-state index in [1.165, 1.54) is 0 Å². The molecule has 1 aromatic heterocycles. The number of aliphatic hydroxyl groups is 1. The van der Waals surface area contributed by atoms with Crippen molar-refractivity contribution < 1.29 is 18.3 Å². The number of hydrogen-bond donors (Lipinski definition) is 3. The highest BCUT2D eigenvalue weighted by Crippen LogP contribution is 2.31. The van der Waals surface area contributed by atoms with Crippen LogP contribution in [-0.2, 0) is 6.18 Å². The van der Waals surface area contributed by atoms with Gasteiger partial charge in [0.1, 0.15) is 5.82 Å². The quantitative estimate of drug-likeness (QED) is 0.732. The van der Waals surface area contributed by atoms with Crippen LogP contribution in [0.15, 0.2) is 30.3 Å². The van der Waals surface area contributed by atoms with Gasteiger partial charge in [0.25, 0.3) is 0 Å². The van der Waals surface area contributed by atoms with Crippen LogP contribution >= 0.6 is 0 Å². The topological polar surface area (TPSA) is 70.1 Å². The van der Waals surface area contributed by atoms with E-state index in [9.17, 15) is 18.3 Å². The summed E-state index contributed by atoms with van der Waals surface area (Å²) in [7, 11) is 0. The molecule has 3 N–H and O–H groups in total. The average molecular weight is 354 g/mol. The monoisotopic (exact) mass is 354 g/mol. The van der Waals surface area contributed by atoms with E-state index in [0.29, 0.717) is 5.69 Å². The molecule has 0 fully saturated rings. The highest BCUT2D eigenvalue weighted by molar-refractivity contribution is 5.61. The maximum absolute atomic E-state index is 13.1. The zero-order valence-electron chi connectivity index (χ0n) is 14.2. The first kappa shape index (κ1) is 19.0. The molecule has 1 aromatic carbocycles. The van der Waals surface area contributed by atoms with Crippen LogP contribution in [0.5, 0.6) is 0 Å². The van der Waals surface area contributed by atoms with Crippen molar-refractivity contribution in [3.63, 3.8) is 0 Å². The Kier molecular flexibility index (Phi) is 5.84. The van der Waals surface area contributed by atoms with Crippen molar-refractivity contribution in [3.05, 3.63) is 41.6 Å². The summed E-state index contributed by atoms with van der Waals surface area (Å²) in [5.74, 6) is -0.158. The number of nitrogens with zero attached hydrogens (tertiary/aromatic N) is 2. The van der Waals surface area contributed by atoms with E-state index in [2.05, 4.69) is 20.6 Å². The number of hydrogen-bond acceptors (Lipinski definition) is 5. The molecule has 2 aromatic rings. The lowest BCUT2D eigenvalue weighted by molar-refractivity contribution is -0.141. The maximum atomic E-state index is 13.1. The van der Waals surface area contributed by atoms with Crippen LogP contribution in [-0.4, -0.2) is 27.7 Å². The van der Waals surface area contributed by atoms with Crippen LogP contribution in [0.3, 0.4) is 0 Å². The molecule has 0 aliphatic heterocycles. The number of alkyl halides is 3. The molecule has 25 heavy (non-hydrogen) atoms. The number of nitrogens with one attached hydrogen (secondary N) is 2. The largest absolute Gasteiger partial charge is 0.433 e. The second-order valence-electron chi connectivity index (χ2n) is 6.08. The van der Waals surface area contributed by atoms with Gasteiger partial charge in [-0.1, -0.05) is 32.0 Å². The van der Waals surface area contributed by atoms with Crippen molar-refractivity contribution in [3.8, 4) is 0 Å². The van der Waals surface area contributed by atoms with E-state index in [-0.39, 0.29) is 24.3 Å². The Labute approximate surface area is 144 Å². The van der Waals surface area contributed by atoms with Gasteiger partial charge in [-0.3, -0.25) is 0 Å². The number of para-hydroxylation sites is 1. The van der Waals surface area contributed by atoms with Gasteiger partial charge in [-0.15, -0.1) is 0 Å². The van der Waals surface area contributed by atoms with Crippen molar-refractivity contribution >= 4 is 17.5 Å². The van der Waals surface area contributed by atoms with Crippen LogP contribution in [0.4, 0.5) is 30.6 Å². The maximum Gasteiger partial charge on any atom is 0.433 e. The van der Waals surface area contributed by atoms with Gasteiger partial charge in [-0.25, -0.2) is 4.98 Å². The molecule has 1 atom stereocenters. The third kappa shape index (κ3) is 5.06. The van der Waals surface area contributed by atoms with E-state index >= 15 is 0 Å². The second-order valence-corrected chi connectivity index (χ2v) is 6.08. The van der Waals surface area contributed by atoms with E-state index in [0.717, 1.165) is 11.6 Å². The van der Waals surface area contributed by atoms with Gasteiger partial charge in [0.05, 0.1) is 12.6 Å². The summed E-state index contributed by atoms with van der Waals surface area (Å²) >= 11 is 0. The smallest absolute Gasteiger partial charge is 0.394 e. The van der Waals surface area contributed by atoms with Crippen molar-refractivity contribution in [2.75, 3.05) is 17.2 Å². The molecule has 136 valence electrons. The van der Waals surface area contributed by atoms with Crippen molar-refractivity contribution in [2.24, 2.45) is 5.92 Å². The summed E-state index contributed by atoms with van der Waals surface area (Å²) in [5, 5.41) is 15.0. The number of anilines is 3. The Morgan fingerprint density at radius 3 is 2.40 bits per heavy atom. The van der Waals surface area contributed by atoms with Crippen molar-refractivity contribution in [1.29, 1.82) is 0 Å². The Morgan fingerprint density at radius 1 is 1.16 bits per heavy atom. The van der Waals surface area contributed by atoms with E-state index in [1.54, 1.807) is 12.1 Å². The van der Waals surface area contributed by atoms with Gasteiger partial charge in [-0.05, 0) is 24.5 Å². The third-order valence-corrected chi connectivity index (χ3v) is 3.74. The molecule has 0 aliphatic carbocycles. The summed E-state index contributed by atoms with van der Waals surface area (Å²) in [4.78, 5) is 7.65. The molecular weight excluding hydrogens is 333 g/mol. The Balaban J connectivity index is 2.38. The molecule has 1 heterocycles. The SMILES string of the molecule is Cc1ccccc1Nc1cc(C(F)(F)F)nc(N[C@H](CO)C(C)C)n1. The Hall–Kier alpha value is -2.35. The second kappa shape index (κ2) is 7.69. The predicted octanol–water partition coefficient (Wildman–Crippen LogP) is 3.98. The molecule has 0 amide bonds. The number of aryl methyl sites for hydroxylation is 1. The molecule has 0 aliphatic rings. The molecule has 0 saturated heterocycles. The van der Waals surface area contributed by atoms with Crippen molar-refractivity contribution in [2.45, 2.75) is 33.0 Å². The number of aliphatic hydroxyl groups excluding tert-OH is 1. The molecule has 8 heteroatoms. The molecule has 2 rings (SSSR count). The zero-order valence-corrected chi connectivity index (χ0v) is 14.2. The fourth-order valence-electron chi connectivity index (χ4n) is 2.16. The molecule has 0 radical (unpaired) electrons. The highest BCUT2D eigenvalue weighted by atomic mass is 19.4. The normalized spacial score (nSPS) is 13.0. The van der Waals surface area contributed by atoms with E-state index in [1.807, 2.05) is 32.9 Å². The lowest BCUT2D eigenvalue weighted by Gasteiger charge is -2.21.